The molecular formula is C10H10Br2. The van der Waals surface area contributed by atoms with Crippen molar-refractivity contribution in [2.75, 3.05) is 0 Å². The molecule has 2 heteroatoms. The van der Waals surface area contributed by atoms with Gasteiger partial charge in [-0.15, -0.1) is 0 Å². The van der Waals surface area contributed by atoms with Crippen molar-refractivity contribution in [2.24, 2.45) is 0 Å². The zero-order chi connectivity index (χ0) is 8.55. The van der Waals surface area contributed by atoms with Crippen LogP contribution in [0.15, 0.2) is 16.6 Å². The molecule has 64 valence electrons. The number of halogens is 2. The summed E-state index contributed by atoms with van der Waals surface area (Å²) in [6, 6.07) is 4.42. The van der Waals surface area contributed by atoms with Crippen LogP contribution in [0, 0.1) is 0 Å². The predicted molar refractivity (Wildman–Crippen MR) is 58.8 cm³/mol. The van der Waals surface area contributed by atoms with Gasteiger partial charge in [0, 0.05) is 9.80 Å². The molecular weight excluding hydrogens is 280 g/mol. The van der Waals surface area contributed by atoms with E-state index in [-0.39, 0.29) is 0 Å². The molecule has 1 aromatic carbocycles. The summed E-state index contributed by atoms with van der Waals surface area (Å²) in [4.78, 5) is 0. The van der Waals surface area contributed by atoms with Crippen molar-refractivity contribution in [1.82, 2.24) is 0 Å². The van der Waals surface area contributed by atoms with Crippen molar-refractivity contribution in [1.29, 1.82) is 0 Å². The van der Waals surface area contributed by atoms with E-state index in [1.54, 1.807) is 11.1 Å². The van der Waals surface area contributed by atoms with Crippen LogP contribution >= 0.6 is 31.9 Å². The zero-order valence-electron chi connectivity index (χ0n) is 6.74. The molecule has 0 radical (unpaired) electrons. The highest BCUT2D eigenvalue weighted by atomic mass is 79.9. The van der Waals surface area contributed by atoms with Gasteiger partial charge in [-0.05, 0) is 42.0 Å². The third-order valence-corrected chi connectivity index (χ3v) is 3.78. The Kier molecular flexibility index (Phi) is 2.56. The Labute approximate surface area is 89.6 Å². The molecule has 0 N–H and O–H groups in total. The van der Waals surface area contributed by atoms with E-state index in [0.29, 0.717) is 0 Å². The van der Waals surface area contributed by atoms with Gasteiger partial charge in [0.1, 0.15) is 0 Å². The third-order valence-electron chi connectivity index (χ3n) is 2.48. The molecule has 0 saturated heterocycles. The molecule has 1 aliphatic carbocycles. The van der Waals surface area contributed by atoms with Gasteiger partial charge < -0.3 is 0 Å². The summed E-state index contributed by atoms with van der Waals surface area (Å²) in [5.41, 5.74) is 4.57. The van der Waals surface area contributed by atoms with Gasteiger partial charge in [0.25, 0.3) is 0 Å². The fourth-order valence-electron chi connectivity index (χ4n) is 1.86. The molecule has 0 heterocycles. The molecule has 0 aliphatic heterocycles. The van der Waals surface area contributed by atoms with Crippen LogP contribution in [0.25, 0.3) is 0 Å². The average molecular weight is 290 g/mol. The number of rotatable bonds is 1. The maximum Gasteiger partial charge on any atom is 0.0297 e. The standard InChI is InChI=1S/C10H10Br2/c11-6-9-8-3-1-2-7(8)4-5-10(9)12/h4-5H,1-3,6H2. The molecule has 2 rings (SSSR count). The van der Waals surface area contributed by atoms with Crippen molar-refractivity contribution in [3.63, 3.8) is 0 Å². The summed E-state index contributed by atoms with van der Waals surface area (Å²) in [5, 5.41) is 0.969. The monoisotopic (exact) mass is 288 g/mol. The SMILES string of the molecule is BrCc1c(Br)ccc2c1CCC2. The lowest BCUT2D eigenvalue weighted by molar-refractivity contribution is 0.909. The largest absolute Gasteiger partial charge is 0.0876 e. The van der Waals surface area contributed by atoms with Crippen LogP contribution in [-0.4, -0.2) is 0 Å². The normalized spacial score (nSPS) is 14.8. The first-order valence-electron chi connectivity index (χ1n) is 4.18. The highest BCUT2D eigenvalue weighted by Gasteiger charge is 2.15. The van der Waals surface area contributed by atoms with Crippen LogP contribution in [0.2, 0.25) is 0 Å². The van der Waals surface area contributed by atoms with Crippen LogP contribution < -0.4 is 0 Å². The molecule has 0 atom stereocenters. The van der Waals surface area contributed by atoms with Gasteiger partial charge in [-0.1, -0.05) is 37.9 Å². The molecule has 1 aromatic rings. The Morgan fingerprint density at radius 1 is 1.25 bits per heavy atom. The number of hydrogen-bond acceptors (Lipinski definition) is 0. The molecule has 0 bridgehead atoms. The summed E-state index contributed by atoms with van der Waals surface area (Å²) < 4.78 is 1.25. The molecule has 0 nitrogen and oxygen atoms in total. The second kappa shape index (κ2) is 3.51. The van der Waals surface area contributed by atoms with Gasteiger partial charge >= 0.3 is 0 Å². The second-order valence-electron chi connectivity index (χ2n) is 3.15. The molecule has 0 saturated carbocycles. The van der Waals surface area contributed by atoms with Crippen molar-refractivity contribution in [3.05, 3.63) is 33.3 Å². The fraction of sp³-hybridized carbons (Fsp3) is 0.400. The highest BCUT2D eigenvalue weighted by molar-refractivity contribution is 9.10. The van der Waals surface area contributed by atoms with E-state index >= 15 is 0 Å². The van der Waals surface area contributed by atoms with Crippen molar-refractivity contribution >= 4 is 31.9 Å². The summed E-state index contributed by atoms with van der Waals surface area (Å²) >= 11 is 7.11. The lowest BCUT2D eigenvalue weighted by Gasteiger charge is -2.07. The Bertz CT molecular complexity index is 305. The summed E-state index contributed by atoms with van der Waals surface area (Å²) in [7, 11) is 0. The lowest BCUT2D eigenvalue weighted by Crippen LogP contribution is -1.91. The Morgan fingerprint density at radius 2 is 2.08 bits per heavy atom. The van der Waals surface area contributed by atoms with Crippen molar-refractivity contribution in [2.45, 2.75) is 24.6 Å². The van der Waals surface area contributed by atoms with Gasteiger partial charge in [-0.3, -0.25) is 0 Å². The first-order chi connectivity index (χ1) is 5.83. The maximum absolute atomic E-state index is 3.58. The minimum absolute atomic E-state index is 0.969. The van der Waals surface area contributed by atoms with E-state index < -0.39 is 0 Å². The minimum Gasteiger partial charge on any atom is -0.0876 e. The maximum atomic E-state index is 3.58. The van der Waals surface area contributed by atoms with Crippen LogP contribution in [0.3, 0.4) is 0 Å². The molecule has 0 spiro atoms. The van der Waals surface area contributed by atoms with Gasteiger partial charge in [0.2, 0.25) is 0 Å². The first kappa shape index (κ1) is 8.76. The van der Waals surface area contributed by atoms with Gasteiger partial charge in [0.15, 0.2) is 0 Å². The van der Waals surface area contributed by atoms with Gasteiger partial charge in [0.05, 0.1) is 0 Å². The zero-order valence-corrected chi connectivity index (χ0v) is 9.91. The van der Waals surface area contributed by atoms with Crippen LogP contribution in [0.4, 0.5) is 0 Å². The molecule has 12 heavy (non-hydrogen) atoms. The molecule has 0 fully saturated rings. The first-order valence-corrected chi connectivity index (χ1v) is 6.09. The Hall–Kier alpha value is 0.180. The van der Waals surface area contributed by atoms with E-state index in [4.69, 9.17) is 0 Å². The van der Waals surface area contributed by atoms with E-state index in [1.165, 1.54) is 29.3 Å². The summed E-state index contributed by atoms with van der Waals surface area (Å²) in [6.07, 6.45) is 3.85. The van der Waals surface area contributed by atoms with Crippen LogP contribution in [-0.2, 0) is 18.2 Å². The molecule has 0 aromatic heterocycles. The van der Waals surface area contributed by atoms with Gasteiger partial charge in [-0.2, -0.15) is 0 Å². The van der Waals surface area contributed by atoms with E-state index in [9.17, 15) is 0 Å². The predicted octanol–water partition coefficient (Wildman–Crippen LogP) is 3.83. The van der Waals surface area contributed by atoms with E-state index in [0.717, 1.165) is 5.33 Å². The second-order valence-corrected chi connectivity index (χ2v) is 4.57. The summed E-state index contributed by atoms with van der Waals surface area (Å²) in [6.45, 7) is 0. The topological polar surface area (TPSA) is 0 Å². The molecule has 1 aliphatic rings. The molecule has 0 unspecified atom stereocenters. The van der Waals surface area contributed by atoms with Crippen LogP contribution in [0.1, 0.15) is 23.1 Å². The van der Waals surface area contributed by atoms with Crippen molar-refractivity contribution < 1.29 is 0 Å². The quantitative estimate of drug-likeness (QED) is 0.689. The number of alkyl halides is 1. The Balaban J connectivity index is 2.57. The van der Waals surface area contributed by atoms with E-state index in [2.05, 4.69) is 44.0 Å². The molecule has 0 amide bonds. The van der Waals surface area contributed by atoms with Crippen LogP contribution in [0.5, 0.6) is 0 Å². The highest BCUT2D eigenvalue weighted by Crippen LogP contribution is 2.31. The summed E-state index contributed by atoms with van der Waals surface area (Å²) in [5.74, 6) is 0. The van der Waals surface area contributed by atoms with Crippen molar-refractivity contribution in [3.8, 4) is 0 Å². The lowest BCUT2D eigenvalue weighted by atomic mass is 10.1. The van der Waals surface area contributed by atoms with Gasteiger partial charge in [-0.25, -0.2) is 0 Å². The number of aryl methyl sites for hydroxylation is 1. The smallest absolute Gasteiger partial charge is 0.0297 e. The minimum atomic E-state index is 0.969. The third kappa shape index (κ3) is 1.35. The number of fused-ring (bicyclic) bond motifs is 1. The Morgan fingerprint density at radius 3 is 2.83 bits per heavy atom. The number of hydrogen-bond donors (Lipinski definition) is 0. The average Bonchev–Trinajstić information content (AvgIpc) is 2.52. The fourth-order valence-corrected chi connectivity index (χ4v) is 3.39. The number of benzene rings is 1. The van der Waals surface area contributed by atoms with E-state index in [1.807, 2.05) is 0 Å².